The lowest BCUT2D eigenvalue weighted by Gasteiger charge is -2.37. The first-order valence-corrected chi connectivity index (χ1v) is 13.1. The van der Waals surface area contributed by atoms with Crippen LogP contribution in [0.25, 0.3) is 6.08 Å². The normalized spacial score (nSPS) is 21.5. The summed E-state index contributed by atoms with van der Waals surface area (Å²) in [6.45, 7) is 0. The van der Waals surface area contributed by atoms with E-state index in [1.807, 2.05) is 41.3 Å². The average molecular weight is 545 g/mol. The zero-order chi connectivity index (χ0) is 28.5. The Bertz CT molecular complexity index is 1780. The quantitative estimate of drug-likeness (QED) is 0.134. The Balaban J connectivity index is 1.52. The smallest absolute Gasteiger partial charge is 0.269 e. The molecule has 0 aromatic heterocycles. The number of anilines is 1. The van der Waals surface area contributed by atoms with E-state index in [4.69, 9.17) is 0 Å². The highest BCUT2D eigenvalue weighted by molar-refractivity contribution is 6.32. The molecule has 8 heteroatoms. The van der Waals surface area contributed by atoms with Gasteiger partial charge in [-0.2, -0.15) is 0 Å². The third-order valence-electron chi connectivity index (χ3n) is 8.57. The molecule has 2 heterocycles. The van der Waals surface area contributed by atoms with Crippen molar-refractivity contribution in [3.63, 3.8) is 0 Å². The minimum atomic E-state index is -1.70. The Morgan fingerprint density at radius 2 is 1.44 bits per heavy atom. The summed E-state index contributed by atoms with van der Waals surface area (Å²) in [5.74, 6) is -2.65. The van der Waals surface area contributed by atoms with Crippen molar-refractivity contribution in [2.45, 2.75) is 18.0 Å². The second-order valence-corrected chi connectivity index (χ2v) is 10.5. The van der Waals surface area contributed by atoms with Gasteiger partial charge in [-0.25, -0.2) is 4.39 Å². The van der Waals surface area contributed by atoms with E-state index in [-0.39, 0.29) is 22.8 Å². The largest absolute Gasteiger partial charge is 0.352 e. The van der Waals surface area contributed by atoms with E-state index in [9.17, 15) is 28.9 Å². The van der Waals surface area contributed by atoms with Gasteiger partial charge < -0.3 is 4.90 Å². The molecule has 0 saturated carbocycles. The van der Waals surface area contributed by atoms with Gasteiger partial charge in [0, 0.05) is 40.4 Å². The molecule has 7 nitrogen and oxygen atoms in total. The Morgan fingerprint density at radius 3 is 2.07 bits per heavy atom. The lowest BCUT2D eigenvalue weighted by molar-refractivity contribution is -0.384. The Labute approximate surface area is 233 Å². The minimum Gasteiger partial charge on any atom is -0.352 e. The molecule has 4 aromatic rings. The monoisotopic (exact) mass is 544 g/mol. The predicted molar refractivity (Wildman–Crippen MR) is 150 cm³/mol. The van der Waals surface area contributed by atoms with Crippen molar-refractivity contribution in [3.05, 3.63) is 147 Å². The van der Waals surface area contributed by atoms with Crippen LogP contribution in [0.3, 0.4) is 0 Å². The molecule has 0 amide bonds. The zero-order valence-electron chi connectivity index (χ0n) is 21.4. The summed E-state index contributed by atoms with van der Waals surface area (Å²) < 4.78 is 14.1. The van der Waals surface area contributed by atoms with Crippen LogP contribution in [-0.2, 0) is 0 Å². The number of nitro groups is 1. The summed E-state index contributed by atoms with van der Waals surface area (Å²) in [6.07, 6.45) is 3.67. The molecule has 1 aliphatic carbocycles. The van der Waals surface area contributed by atoms with Crippen molar-refractivity contribution < 1.29 is 23.7 Å². The zero-order valence-corrected chi connectivity index (χ0v) is 21.4. The molecular weight excluding hydrogens is 523 g/mol. The molecule has 1 spiro atoms. The van der Waals surface area contributed by atoms with E-state index in [2.05, 4.69) is 0 Å². The topological polar surface area (TPSA) is 97.6 Å². The molecule has 7 rings (SSSR count). The SMILES string of the molecule is O=C(c1ccc([N+](=O)[O-])cc1)[C@@H]1[C@H](c2ccc(F)cc2)C2(C(=O)c3ccccc3C2=O)[C@H]2C=Cc3ccccc3N12. The summed E-state index contributed by atoms with van der Waals surface area (Å²) in [7, 11) is 0. The summed E-state index contributed by atoms with van der Waals surface area (Å²) in [5, 5.41) is 11.3. The molecule has 41 heavy (non-hydrogen) atoms. The molecule has 2 aliphatic heterocycles. The van der Waals surface area contributed by atoms with Crippen molar-refractivity contribution in [2.24, 2.45) is 5.41 Å². The molecule has 1 saturated heterocycles. The molecule has 1 fully saturated rings. The first-order valence-electron chi connectivity index (χ1n) is 13.1. The maximum atomic E-state index is 14.5. The fourth-order valence-corrected chi connectivity index (χ4v) is 6.88. The van der Waals surface area contributed by atoms with Gasteiger partial charge >= 0.3 is 0 Å². The predicted octanol–water partition coefficient (Wildman–Crippen LogP) is 6.05. The number of carbonyl (C=O) groups excluding carboxylic acids is 3. The van der Waals surface area contributed by atoms with Crippen LogP contribution in [0.5, 0.6) is 0 Å². The van der Waals surface area contributed by atoms with Gasteiger partial charge in [0.2, 0.25) is 0 Å². The van der Waals surface area contributed by atoms with Gasteiger partial charge in [-0.3, -0.25) is 24.5 Å². The van der Waals surface area contributed by atoms with E-state index in [0.717, 1.165) is 5.56 Å². The maximum absolute atomic E-state index is 14.5. The number of hydrogen-bond acceptors (Lipinski definition) is 6. The number of rotatable bonds is 4. The highest BCUT2D eigenvalue weighted by atomic mass is 19.1. The van der Waals surface area contributed by atoms with E-state index in [1.54, 1.807) is 24.3 Å². The average Bonchev–Trinajstić information content (AvgIpc) is 3.43. The summed E-state index contributed by atoms with van der Waals surface area (Å²) in [4.78, 5) is 56.2. The van der Waals surface area contributed by atoms with Crippen LogP contribution in [0.15, 0.2) is 103 Å². The molecular formula is C33H21FN2O5. The first-order chi connectivity index (χ1) is 19.8. The van der Waals surface area contributed by atoms with Gasteiger partial charge in [0.1, 0.15) is 17.3 Å². The highest BCUT2D eigenvalue weighted by Crippen LogP contribution is 2.60. The lowest BCUT2D eigenvalue weighted by Crippen LogP contribution is -2.48. The third kappa shape index (κ3) is 3.34. The summed E-state index contributed by atoms with van der Waals surface area (Å²) >= 11 is 0. The number of nitrogens with zero attached hydrogens (tertiary/aromatic N) is 2. The molecule has 4 aromatic carbocycles. The molecule has 3 atom stereocenters. The van der Waals surface area contributed by atoms with Gasteiger partial charge in [0.15, 0.2) is 17.3 Å². The molecule has 0 radical (unpaired) electrons. The third-order valence-corrected chi connectivity index (χ3v) is 8.57. The van der Waals surface area contributed by atoms with Crippen LogP contribution >= 0.6 is 0 Å². The molecule has 3 aliphatic rings. The number of nitro benzene ring substituents is 1. The van der Waals surface area contributed by atoms with Gasteiger partial charge in [0.05, 0.1) is 11.0 Å². The van der Waals surface area contributed by atoms with E-state index < -0.39 is 39.9 Å². The van der Waals surface area contributed by atoms with Gasteiger partial charge in [-0.15, -0.1) is 0 Å². The number of Topliss-reactive ketones (excluding diaryl/α,β-unsaturated/α-hetero) is 3. The summed E-state index contributed by atoms with van der Waals surface area (Å²) in [5.41, 5.74) is 0.886. The maximum Gasteiger partial charge on any atom is 0.269 e. The molecule has 0 unspecified atom stereocenters. The van der Waals surface area contributed by atoms with Gasteiger partial charge in [-0.1, -0.05) is 66.7 Å². The Morgan fingerprint density at radius 1 is 0.829 bits per heavy atom. The number of para-hydroxylation sites is 1. The van der Waals surface area contributed by atoms with Crippen LogP contribution < -0.4 is 4.90 Å². The van der Waals surface area contributed by atoms with Crippen LogP contribution in [0, 0.1) is 21.3 Å². The number of fused-ring (bicyclic) bond motifs is 5. The van der Waals surface area contributed by atoms with Crippen molar-refractivity contribution in [1.29, 1.82) is 0 Å². The Kier molecular flexibility index (Phi) is 5.37. The number of ketones is 3. The van der Waals surface area contributed by atoms with E-state index in [1.165, 1.54) is 48.5 Å². The number of hydrogen-bond donors (Lipinski definition) is 0. The standard InChI is InChI=1S/C33H21FN2O5/c34-22-14-9-20(10-15-22)28-29(30(37)21-11-16-23(17-12-21)36(40)41)35-26-8-4-1-5-19(26)13-18-27(35)33(28)31(38)24-6-2-3-7-25(24)32(33)39/h1-18,27-29H/t27-,28+,29+/m1/s1. The molecule has 0 bridgehead atoms. The lowest BCUT2D eigenvalue weighted by atomic mass is 9.64. The van der Waals surface area contributed by atoms with Crippen LogP contribution in [0.2, 0.25) is 0 Å². The van der Waals surface area contributed by atoms with Gasteiger partial charge in [-0.05, 0) is 41.5 Å². The second kappa shape index (κ2) is 8.89. The van der Waals surface area contributed by atoms with Crippen molar-refractivity contribution in [1.82, 2.24) is 0 Å². The van der Waals surface area contributed by atoms with Crippen LogP contribution in [0.1, 0.15) is 48.1 Å². The first kappa shape index (κ1) is 24.8. The highest BCUT2D eigenvalue weighted by Gasteiger charge is 2.71. The summed E-state index contributed by atoms with van der Waals surface area (Å²) in [6, 6.07) is 23.1. The fraction of sp³-hybridized carbons (Fsp3) is 0.121. The fourth-order valence-electron chi connectivity index (χ4n) is 6.88. The van der Waals surface area contributed by atoms with E-state index >= 15 is 0 Å². The number of benzene rings is 4. The molecule has 0 N–H and O–H groups in total. The van der Waals surface area contributed by atoms with Crippen molar-refractivity contribution in [3.8, 4) is 0 Å². The van der Waals surface area contributed by atoms with Crippen LogP contribution in [-0.4, -0.2) is 34.4 Å². The minimum absolute atomic E-state index is 0.166. The number of halogens is 1. The van der Waals surface area contributed by atoms with Crippen molar-refractivity contribution in [2.75, 3.05) is 4.90 Å². The number of non-ortho nitro benzene ring substituents is 1. The van der Waals surface area contributed by atoms with Crippen LogP contribution in [0.4, 0.5) is 15.8 Å². The van der Waals surface area contributed by atoms with E-state index in [0.29, 0.717) is 22.4 Å². The van der Waals surface area contributed by atoms with Crippen molar-refractivity contribution >= 4 is 34.8 Å². The molecule has 200 valence electrons. The second-order valence-electron chi connectivity index (χ2n) is 10.5. The number of carbonyl (C=O) groups is 3. The van der Waals surface area contributed by atoms with Gasteiger partial charge in [0.25, 0.3) is 5.69 Å². The Hall–Kier alpha value is -5.24.